The summed E-state index contributed by atoms with van der Waals surface area (Å²) < 4.78 is 11.1. The van der Waals surface area contributed by atoms with Gasteiger partial charge in [0, 0.05) is 6.61 Å². The molecule has 1 aromatic rings. The summed E-state index contributed by atoms with van der Waals surface area (Å²) in [6, 6.07) is 7.60. The van der Waals surface area contributed by atoms with Crippen molar-refractivity contribution in [2.75, 3.05) is 18.9 Å². The molecule has 20 heavy (non-hydrogen) atoms. The molecule has 0 saturated carbocycles. The van der Waals surface area contributed by atoms with Crippen molar-refractivity contribution in [1.29, 1.82) is 5.26 Å². The molecule has 0 radical (unpaired) electrons. The molecule has 0 aromatic heterocycles. The Hall–Kier alpha value is -1.83. The lowest BCUT2D eigenvalue weighted by atomic mass is 10.1. The molecule has 1 fully saturated rings. The van der Waals surface area contributed by atoms with E-state index >= 15 is 0 Å². The Morgan fingerprint density at radius 1 is 1.45 bits per heavy atom. The quantitative estimate of drug-likeness (QED) is 0.660. The van der Waals surface area contributed by atoms with Crippen LogP contribution in [0.25, 0.3) is 6.08 Å². The highest BCUT2D eigenvalue weighted by Gasteiger charge is 2.12. The van der Waals surface area contributed by atoms with Crippen LogP contribution in [0.3, 0.4) is 0 Å². The molecule has 1 atom stereocenters. The maximum Gasteiger partial charge on any atom is 0.157 e. The summed E-state index contributed by atoms with van der Waals surface area (Å²) in [5, 5.41) is 9.07. The van der Waals surface area contributed by atoms with Crippen molar-refractivity contribution >= 4 is 11.8 Å². The number of nitrogens with zero attached hydrogens (tertiary/aromatic N) is 1. The predicted octanol–water partition coefficient (Wildman–Crippen LogP) is 3.09. The topological polar surface area (TPSA) is 68.3 Å². The fourth-order valence-corrected chi connectivity index (χ4v) is 2.18. The van der Waals surface area contributed by atoms with Gasteiger partial charge in [-0.1, -0.05) is 24.3 Å². The van der Waals surface area contributed by atoms with Gasteiger partial charge in [0.2, 0.25) is 0 Å². The molecule has 2 N–H and O–H groups in total. The zero-order valence-corrected chi connectivity index (χ0v) is 11.5. The van der Waals surface area contributed by atoms with E-state index in [-0.39, 0.29) is 6.29 Å². The van der Waals surface area contributed by atoms with Crippen LogP contribution in [0, 0.1) is 11.3 Å². The van der Waals surface area contributed by atoms with Crippen molar-refractivity contribution < 1.29 is 9.47 Å². The van der Waals surface area contributed by atoms with E-state index in [1.54, 1.807) is 6.07 Å². The van der Waals surface area contributed by atoms with Crippen LogP contribution in [0.4, 0.5) is 5.69 Å². The zero-order chi connectivity index (χ0) is 14.2. The Kier molecular flexibility index (Phi) is 5.60. The number of nitrogen functional groups attached to an aromatic ring is 1. The summed E-state index contributed by atoms with van der Waals surface area (Å²) in [4.78, 5) is 0. The second-order valence-corrected chi connectivity index (χ2v) is 4.78. The first-order valence-electron chi connectivity index (χ1n) is 6.99. The maximum absolute atomic E-state index is 9.07. The van der Waals surface area contributed by atoms with Gasteiger partial charge >= 0.3 is 0 Å². The summed E-state index contributed by atoms with van der Waals surface area (Å²) in [7, 11) is 0. The van der Waals surface area contributed by atoms with Crippen molar-refractivity contribution in [3.05, 3.63) is 35.4 Å². The molecule has 1 aliphatic rings. The number of benzene rings is 1. The van der Waals surface area contributed by atoms with Crippen LogP contribution in [0.1, 0.15) is 36.8 Å². The van der Waals surface area contributed by atoms with E-state index in [1.165, 1.54) is 6.42 Å². The van der Waals surface area contributed by atoms with Gasteiger partial charge in [-0.05, 0) is 37.3 Å². The SMILES string of the molecule is N#Cc1c(N)cccc1C=CCCOC1CCCCO1. The Morgan fingerprint density at radius 2 is 2.35 bits per heavy atom. The van der Waals surface area contributed by atoms with Crippen LogP contribution in [-0.2, 0) is 9.47 Å². The second kappa shape index (κ2) is 7.68. The standard InChI is InChI=1S/C16H20N2O2/c17-12-14-13(7-5-8-15(14)18)6-1-3-10-19-16-9-2-4-11-20-16/h1,5-8,16H,2-4,9-11,18H2. The van der Waals surface area contributed by atoms with Crippen LogP contribution >= 0.6 is 0 Å². The molecular formula is C16H20N2O2. The van der Waals surface area contributed by atoms with Gasteiger partial charge < -0.3 is 15.2 Å². The first kappa shape index (κ1) is 14.6. The summed E-state index contributed by atoms with van der Waals surface area (Å²) >= 11 is 0. The number of hydrogen-bond acceptors (Lipinski definition) is 4. The van der Waals surface area contributed by atoms with Crippen LogP contribution < -0.4 is 5.73 Å². The Labute approximate surface area is 119 Å². The summed E-state index contributed by atoms with van der Waals surface area (Å²) in [6.07, 6.45) is 7.95. The molecule has 1 aromatic carbocycles. The third-order valence-electron chi connectivity index (χ3n) is 3.26. The Morgan fingerprint density at radius 3 is 3.10 bits per heavy atom. The lowest BCUT2D eigenvalue weighted by molar-refractivity contribution is -0.161. The third-order valence-corrected chi connectivity index (χ3v) is 3.26. The monoisotopic (exact) mass is 272 g/mol. The van der Waals surface area contributed by atoms with E-state index in [0.717, 1.165) is 31.4 Å². The zero-order valence-electron chi connectivity index (χ0n) is 11.5. The predicted molar refractivity (Wildman–Crippen MR) is 78.8 cm³/mol. The molecule has 1 heterocycles. The van der Waals surface area contributed by atoms with Crippen molar-refractivity contribution in [3.63, 3.8) is 0 Å². The highest BCUT2D eigenvalue weighted by atomic mass is 16.7. The minimum Gasteiger partial charge on any atom is -0.398 e. The molecule has 1 aliphatic heterocycles. The number of ether oxygens (including phenoxy) is 2. The van der Waals surface area contributed by atoms with Crippen molar-refractivity contribution in [2.45, 2.75) is 32.0 Å². The molecule has 0 bridgehead atoms. The van der Waals surface area contributed by atoms with Crippen LogP contribution in [-0.4, -0.2) is 19.5 Å². The fourth-order valence-electron chi connectivity index (χ4n) is 2.18. The average molecular weight is 272 g/mol. The molecule has 2 rings (SSSR count). The molecule has 106 valence electrons. The van der Waals surface area contributed by atoms with E-state index in [9.17, 15) is 0 Å². The van der Waals surface area contributed by atoms with E-state index in [4.69, 9.17) is 20.5 Å². The van der Waals surface area contributed by atoms with Crippen LogP contribution in [0.5, 0.6) is 0 Å². The summed E-state index contributed by atoms with van der Waals surface area (Å²) in [6.45, 7) is 1.43. The minimum atomic E-state index is -0.0424. The van der Waals surface area contributed by atoms with Gasteiger partial charge in [-0.15, -0.1) is 0 Å². The Bertz CT molecular complexity index is 500. The fraction of sp³-hybridized carbons (Fsp3) is 0.438. The summed E-state index contributed by atoms with van der Waals surface area (Å²) in [5.41, 5.74) is 7.65. The van der Waals surface area contributed by atoms with E-state index in [1.807, 2.05) is 24.3 Å². The first-order valence-corrected chi connectivity index (χ1v) is 6.99. The summed E-state index contributed by atoms with van der Waals surface area (Å²) in [5.74, 6) is 0. The molecule has 4 heteroatoms. The highest BCUT2D eigenvalue weighted by molar-refractivity contribution is 5.67. The number of nitriles is 1. The number of hydrogen-bond donors (Lipinski definition) is 1. The normalized spacial score (nSPS) is 19.1. The molecule has 1 unspecified atom stereocenters. The molecule has 0 spiro atoms. The van der Waals surface area contributed by atoms with Gasteiger partial charge in [0.25, 0.3) is 0 Å². The lowest BCUT2D eigenvalue weighted by Gasteiger charge is -2.22. The van der Waals surface area contributed by atoms with Gasteiger partial charge in [0.15, 0.2) is 6.29 Å². The van der Waals surface area contributed by atoms with Crippen LogP contribution in [0.2, 0.25) is 0 Å². The van der Waals surface area contributed by atoms with E-state index < -0.39 is 0 Å². The van der Waals surface area contributed by atoms with Gasteiger partial charge in [-0.25, -0.2) is 0 Å². The molecular weight excluding hydrogens is 252 g/mol. The van der Waals surface area contributed by atoms with Gasteiger partial charge in [0.1, 0.15) is 6.07 Å². The second-order valence-electron chi connectivity index (χ2n) is 4.78. The lowest BCUT2D eigenvalue weighted by Crippen LogP contribution is -2.22. The molecule has 0 aliphatic carbocycles. The number of anilines is 1. The van der Waals surface area contributed by atoms with E-state index in [2.05, 4.69) is 6.07 Å². The van der Waals surface area contributed by atoms with Crippen molar-refractivity contribution in [1.82, 2.24) is 0 Å². The van der Waals surface area contributed by atoms with Gasteiger partial charge in [-0.2, -0.15) is 5.26 Å². The smallest absolute Gasteiger partial charge is 0.157 e. The Balaban J connectivity index is 1.79. The van der Waals surface area contributed by atoms with Crippen molar-refractivity contribution in [2.24, 2.45) is 0 Å². The third kappa shape index (κ3) is 4.09. The highest BCUT2D eigenvalue weighted by Crippen LogP contribution is 2.17. The average Bonchev–Trinajstić information content (AvgIpc) is 2.48. The van der Waals surface area contributed by atoms with Gasteiger partial charge in [-0.3, -0.25) is 0 Å². The molecule has 4 nitrogen and oxygen atoms in total. The molecule has 1 saturated heterocycles. The largest absolute Gasteiger partial charge is 0.398 e. The maximum atomic E-state index is 9.07. The van der Waals surface area contributed by atoms with Crippen molar-refractivity contribution in [3.8, 4) is 6.07 Å². The number of nitrogens with two attached hydrogens (primary N) is 1. The molecule has 0 amide bonds. The van der Waals surface area contributed by atoms with Crippen LogP contribution in [0.15, 0.2) is 24.3 Å². The first-order chi connectivity index (χ1) is 9.81. The minimum absolute atomic E-state index is 0.0424. The number of rotatable bonds is 5. The van der Waals surface area contributed by atoms with Gasteiger partial charge in [0.05, 0.1) is 17.9 Å². The van der Waals surface area contributed by atoms with E-state index in [0.29, 0.717) is 17.9 Å².